The smallest absolute Gasteiger partial charge is 0.337 e. The topological polar surface area (TPSA) is 69.6 Å². The van der Waals surface area contributed by atoms with Crippen molar-refractivity contribution in [3.05, 3.63) is 59.2 Å². The molecule has 2 aromatic carbocycles. The number of hydrogen-bond donors (Lipinski definition) is 2. The number of anilines is 2. The van der Waals surface area contributed by atoms with Crippen LogP contribution in [-0.2, 0) is 0 Å². The second-order valence-corrected chi connectivity index (χ2v) is 7.05. The molecular weight excluding hydrogens is 328 g/mol. The van der Waals surface area contributed by atoms with Gasteiger partial charge >= 0.3 is 5.97 Å². The van der Waals surface area contributed by atoms with Gasteiger partial charge in [-0.1, -0.05) is 24.6 Å². The Morgan fingerprint density at radius 1 is 1.15 bits per heavy atom. The van der Waals surface area contributed by atoms with Crippen LogP contribution in [0.5, 0.6) is 0 Å². The fourth-order valence-electron chi connectivity index (χ4n) is 3.34. The molecule has 1 aliphatic heterocycles. The largest absolute Gasteiger partial charge is 0.478 e. The number of carbonyl (C=O) groups excluding carboxylic acids is 1. The molecule has 0 radical (unpaired) electrons. The van der Waals surface area contributed by atoms with Gasteiger partial charge in [-0.3, -0.25) is 4.79 Å². The van der Waals surface area contributed by atoms with Gasteiger partial charge in [-0.05, 0) is 56.0 Å². The summed E-state index contributed by atoms with van der Waals surface area (Å²) in [5.74, 6) is -0.763. The van der Waals surface area contributed by atoms with Gasteiger partial charge < -0.3 is 15.3 Å². The van der Waals surface area contributed by atoms with Crippen LogP contribution in [0.2, 0.25) is 0 Å². The number of aryl methyl sites for hydroxylation is 1. The van der Waals surface area contributed by atoms with Gasteiger partial charge in [-0.2, -0.15) is 0 Å². The lowest BCUT2D eigenvalue weighted by Crippen LogP contribution is -2.34. The third-order valence-corrected chi connectivity index (χ3v) is 4.82. The SMILES string of the molecule is Cc1ccc(C(=O)Nc2ccc(N3CCC[C@H](C)C3)cc2C(=O)O)cc1. The summed E-state index contributed by atoms with van der Waals surface area (Å²) in [5, 5.41) is 12.3. The normalized spacial score (nSPS) is 17.0. The number of rotatable bonds is 4. The van der Waals surface area contributed by atoms with Crippen molar-refractivity contribution in [1.29, 1.82) is 0 Å². The number of carboxylic acid groups (broad SMARTS) is 1. The molecule has 2 aromatic rings. The summed E-state index contributed by atoms with van der Waals surface area (Å²) < 4.78 is 0. The first-order chi connectivity index (χ1) is 12.4. The molecular formula is C21H24N2O3. The zero-order chi connectivity index (χ0) is 18.7. The van der Waals surface area contributed by atoms with Gasteiger partial charge in [0.25, 0.3) is 5.91 Å². The molecule has 1 fully saturated rings. The molecule has 0 saturated carbocycles. The minimum atomic E-state index is -1.05. The zero-order valence-corrected chi connectivity index (χ0v) is 15.2. The first-order valence-electron chi connectivity index (χ1n) is 8.94. The van der Waals surface area contributed by atoms with E-state index in [2.05, 4.69) is 17.1 Å². The number of piperidine rings is 1. The molecule has 1 amide bonds. The maximum Gasteiger partial charge on any atom is 0.337 e. The Morgan fingerprint density at radius 2 is 1.88 bits per heavy atom. The molecule has 2 N–H and O–H groups in total. The summed E-state index contributed by atoms with van der Waals surface area (Å²) in [4.78, 5) is 26.3. The molecule has 0 unspecified atom stereocenters. The van der Waals surface area contributed by atoms with Crippen molar-refractivity contribution in [2.45, 2.75) is 26.7 Å². The lowest BCUT2D eigenvalue weighted by atomic mass is 9.99. The number of aromatic carboxylic acids is 1. The Morgan fingerprint density at radius 3 is 2.54 bits per heavy atom. The third-order valence-electron chi connectivity index (χ3n) is 4.82. The van der Waals surface area contributed by atoms with E-state index in [1.54, 1.807) is 24.3 Å². The maximum absolute atomic E-state index is 12.4. The highest BCUT2D eigenvalue weighted by atomic mass is 16.4. The fourth-order valence-corrected chi connectivity index (χ4v) is 3.34. The first kappa shape index (κ1) is 18.0. The molecule has 0 spiro atoms. The maximum atomic E-state index is 12.4. The number of benzene rings is 2. The Balaban J connectivity index is 1.84. The molecule has 1 heterocycles. The molecule has 0 bridgehead atoms. The fraction of sp³-hybridized carbons (Fsp3) is 0.333. The van der Waals surface area contributed by atoms with Crippen molar-refractivity contribution in [2.75, 3.05) is 23.3 Å². The van der Waals surface area contributed by atoms with E-state index in [1.165, 1.54) is 6.42 Å². The molecule has 1 saturated heterocycles. The summed E-state index contributed by atoms with van der Waals surface area (Å²) in [6.07, 6.45) is 2.31. The first-order valence-corrected chi connectivity index (χ1v) is 8.94. The van der Waals surface area contributed by atoms with Gasteiger partial charge in [0, 0.05) is 24.3 Å². The minimum absolute atomic E-state index is 0.112. The van der Waals surface area contributed by atoms with Crippen LogP contribution in [0.15, 0.2) is 42.5 Å². The van der Waals surface area contributed by atoms with E-state index >= 15 is 0 Å². The number of nitrogens with zero attached hydrogens (tertiary/aromatic N) is 1. The van der Waals surface area contributed by atoms with Gasteiger partial charge in [-0.25, -0.2) is 4.79 Å². The molecule has 5 nitrogen and oxygen atoms in total. The summed E-state index contributed by atoms with van der Waals surface area (Å²) in [7, 11) is 0. The molecule has 1 atom stereocenters. The van der Waals surface area contributed by atoms with E-state index in [0.29, 0.717) is 17.2 Å². The predicted octanol–water partition coefficient (Wildman–Crippen LogP) is 4.18. The summed E-state index contributed by atoms with van der Waals surface area (Å²) >= 11 is 0. The molecule has 136 valence electrons. The Hall–Kier alpha value is -2.82. The number of carboxylic acids is 1. The second kappa shape index (κ2) is 7.60. The average molecular weight is 352 g/mol. The quantitative estimate of drug-likeness (QED) is 0.866. The van der Waals surface area contributed by atoms with Crippen molar-refractivity contribution < 1.29 is 14.7 Å². The highest BCUT2D eigenvalue weighted by Crippen LogP contribution is 2.27. The molecule has 0 aromatic heterocycles. The third kappa shape index (κ3) is 4.04. The minimum Gasteiger partial charge on any atom is -0.478 e. The standard InChI is InChI=1S/C21H24N2O3/c1-14-5-7-16(8-6-14)20(24)22-19-10-9-17(12-18(19)21(25)26)23-11-3-4-15(2)13-23/h5-10,12,15H,3-4,11,13H2,1-2H3,(H,22,24)(H,25,26)/t15-/m0/s1. The molecule has 5 heteroatoms. The lowest BCUT2D eigenvalue weighted by Gasteiger charge is -2.33. The van der Waals surface area contributed by atoms with E-state index in [9.17, 15) is 14.7 Å². The van der Waals surface area contributed by atoms with Gasteiger partial charge in [-0.15, -0.1) is 0 Å². The van der Waals surface area contributed by atoms with Crippen LogP contribution in [0.3, 0.4) is 0 Å². The van der Waals surface area contributed by atoms with Crippen LogP contribution in [0.1, 0.15) is 46.0 Å². The van der Waals surface area contributed by atoms with Crippen LogP contribution in [0.4, 0.5) is 11.4 Å². The number of nitrogens with one attached hydrogen (secondary N) is 1. The highest BCUT2D eigenvalue weighted by Gasteiger charge is 2.20. The van der Waals surface area contributed by atoms with Crippen molar-refractivity contribution in [3.63, 3.8) is 0 Å². The van der Waals surface area contributed by atoms with Gasteiger partial charge in [0.1, 0.15) is 0 Å². The number of carbonyl (C=O) groups is 2. The summed E-state index contributed by atoms with van der Waals surface area (Å²) in [5.41, 5.74) is 2.88. The average Bonchev–Trinajstić information content (AvgIpc) is 2.62. The van der Waals surface area contributed by atoms with Crippen molar-refractivity contribution in [2.24, 2.45) is 5.92 Å². The monoisotopic (exact) mass is 352 g/mol. The van der Waals surface area contributed by atoms with E-state index in [-0.39, 0.29) is 11.5 Å². The molecule has 1 aliphatic rings. The van der Waals surface area contributed by atoms with Crippen LogP contribution in [0, 0.1) is 12.8 Å². The van der Waals surface area contributed by atoms with Gasteiger partial charge in [0.15, 0.2) is 0 Å². The Bertz CT molecular complexity index is 815. The van der Waals surface area contributed by atoms with Gasteiger partial charge in [0.2, 0.25) is 0 Å². The summed E-state index contributed by atoms with van der Waals surface area (Å²) in [6.45, 7) is 6.01. The van der Waals surface area contributed by atoms with Crippen molar-refractivity contribution in [1.82, 2.24) is 0 Å². The second-order valence-electron chi connectivity index (χ2n) is 7.05. The number of amides is 1. The van der Waals surface area contributed by atoms with E-state index in [0.717, 1.165) is 30.8 Å². The number of hydrogen-bond acceptors (Lipinski definition) is 3. The highest BCUT2D eigenvalue weighted by molar-refractivity contribution is 6.08. The van der Waals surface area contributed by atoms with Crippen LogP contribution >= 0.6 is 0 Å². The van der Waals surface area contributed by atoms with Gasteiger partial charge in [0.05, 0.1) is 11.3 Å². The molecule has 3 rings (SSSR count). The molecule has 26 heavy (non-hydrogen) atoms. The molecule has 0 aliphatic carbocycles. The Kier molecular flexibility index (Phi) is 5.26. The van der Waals surface area contributed by atoms with E-state index < -0.39 is 5.97 Å². The van der Waals surface area contributed by atoms with Crippen molar-refractivity contribution >= 4 is 23.3 Å². The Labute approximate surface area is 153 Å². The van der Waals surface area contributed by atoms with Crippen LogP contribution < -0.4 is 10.2 Å². The zero-order valence-electron chi connectivity index (χ0n) is 15.2. The lowest BCUT2D eigenvalue weighted by molar-refractivity contribution is 0.0698. The van der Waals surface area contributed by atoms with Crippen LogP contribution in [0.25, 0.3) is 0 Å². The summed E-state index contributed by atoms with van der Waals surface area (Å²) in [6, 6.07) is 12.4. The van der Waals surface area contributed by atoms with Crippen LogP contribution in [-0.4, -0.2) is 30.1 Å². The van der Waals surface area contributed by atoms with E-state index in [1.807, 2.05) is 25.1 Å². The predicted molar refractivity (Wildman–Crippen MR) is 103 cm³/mol. The van der Waals surface area contributed by atoms with Crippen molar-refractivity contribution in [3.8, 4) is 0 Å². The van der Waals surface area contributed by atoms with E-state index in [4.69, 9.17) is 0 Å².